The Labute approximate surface area is 358 Å². The van der Waals surface area contributed by atoms with Crippen LogP contribution in [0.25, 0.3) is 0 Å². The molecule has 0 atom stereocenters. The Morgan fingerprint density at radius 3 is 1.42 bits per heavy atom. The molecule has 0 aliphatic heterocycles. The van der Waals surface area contributed by atoms with Gasteiger partial charge < -0.3 is 24.6 Å². The highest BCUT2D eigenvalue weighted by Gasteiger charge is 2.17. The second-order valence-electron chi connectivity index (χ2n) is 15.5. The highest BCUT2D eigenvalue weighted by molar-refractivity contribution is 9.10. The molecule has 0 saturated carbocycles. The maximum Gasteiger partial charge on any atom is 0.426 e. The van der Waals surface area contributed by atoms with Gasteiger partial charge in [0.25, 0.3) is 0 Å². The third-order valence-electron chi connectivity index (χ3n) is 7.43. The molecule has 0 bridgehead atoms. The smallest absolute Gasteiger partial charge is 0.426 e. The number of carbonyl (C=O) groups is 4. The summed E-state index contributed by atoms with van der Waals surface area (Å²) in [5.74, 6) is 7.73. The molecule has 0 fully saturated rings. The standard InChI is InChI=1S/C23H27N3O3.C16H19NO3.C8H10BrN/c1-23(2,3)29-22(28)25-24-21(27)16-19-10-8-17(9-11-19)6-7-18-12-14-20(15-13-18)26(4)5;1-5-12-6-8-13(9-7-12)10-14(18)17-11-15(19)20-16(2,3)4;1-10(2)8-5-3-7(9)4-6-8/h8-15H,16H2,1-5H3,(H,24,27)(H,25,28);1,6-9H,10-11H2,2-4H3,(H,17,18);3-6H,1-2H3. The van der Waals surface area contributed by atoms with Gasteiger partial charge in [-0.2, -0.15) is 0 Å². The first-order valence-corrected chi connectivity index (χ1v) is 19.5. The predicted octanol–water partition coefficient (Wildman–Crippen LogP) is 7.43. The van der Waals surface area contributed by atoms with Crippen molar-refractivity contribution in [2.45, 2.75) is 65.6 Å². The van der Waals surface area contributed by atoms with Crippen molar-refractivity contribution >= 4 is 51.2 Å². The molecule has 0 unspecified atom stereocenters. The minimum absolute atomic E-state index is 0.126. The molecular formula is C47H56BrN5O6. The number of halogens is 1. The van der Waals surface area contributed by atoms with Crippen LogP contribution in [0.4, 0.5) is 16.2 Å². The number of benzene rings is 4. The molecule has 3 N–H and O–H groups in total. The van der Waals surface area contributed by atoms with E-state index in [9.17, 15) is 19.2 Å². The molecule has 0 spiro atoms. The number of rotatable bonds is 8. The first-order chi connectivity index (χ1) is 27.6. The maximum absolute atomic E-state index is 11.9. The fraction of sp³-hybridized carbons (Fsp3) is 0.319. The van der Waals surface area contributed by atoms with E-state index >= 15 is 0 Å². The van der Waals surface area contributed by atoms with Crippen molar-refractivity contribution in [3.63, 3.8) is 0 Å². The normalized spacial score (nSPS) is 10.3. The summed E-state index contributed by atoms with van der Waals surface area (Å²) in [5, 5.41) is 2.53. The van der Waals surface area contributed by atoms with Gasteiger partial charge in [0.1, 0.15) is 17.7 Å². The number of carbonyl (C=O) groups excluding carboxylic acids is 4. The van der Waals surface area contributed by atoms with E-state index in [2.05, 4.69) is 66.9 Å². The van der Waals surface area contributed by atoms with Gasteiger partial charge in [0.05, 0.1) is 12.8 Å². The third kappa shape index (κ3) is 21.8. The van der Waals surface area contributed by atoms with Crippen LogP contribution in [0.2, 0.25) is 0 Å². The first kappa shape index (κ1) is 48.9. The van der Waals surface area contributed by atoms with E-state index in [1.165, 1.54) is 5.69 Å². The second-order valence-corrected chi connectivity index (χ2v) is 16.4. The van der Waals surface area contributed by atoms with Gasteiger partial charge in [-0.25, -0.2) is 10.2 Å². The molecule has 0 saturated heterocycles. The van der Waals surface area contributed by atoms with Crippen molar-refractivity contribution in [3.05, 3.63) is 129 Å². The van der Waals surface area contributed by atoms with Gasteiger partial charge in [-0.05, 0) is 125 Å². The van der Waals surface area contributed by atoms with Crippen LogP contribution in [0.5, 0.6) is 0 Å². The van der Waals surface area contributed by atoms with Crippen molar-refractivity contribution in [2.75, 3.05) is 44.5 Å². The van der Waals surface area contributed by atoms with Crippen molar-refractivity contribution in [1.29, 1.82) is 0 Å². The molecule has 11 nitrogen and oxygen atoms in total. The first-order valence-electron chi connectivity index (χ1n) is 18.8. The molecule has 0 aromatic heterocycles. The Bertz CT molecular complexity index is 2070. The number of nitrogens with zero attached hydrogens (tertiary/aromatic N) is 2. The molecule has 312 valence electrons. The number of nitrogens with one attached hydrogen (secondary N) is 3. The van der Waals surface area contributed by atoms with E-state index in [0.29, 0.717) is 0 Å². The number of hydrogen-bond acceptors (Lipinski definition) is 8. The van der Waals surface area contributed by atoms with Gasteiger partial charge in [0.2, 0.25) is 11.8 Å². The Hall–Kier alpha value is -6.24. The second kappa shape index (κ2) is 23.9. The number of amides is 3. The zero-order valence-corrected chi connectivity index (χ0v) is 37.2. The predicted molar refractivity (Wildman–Crippen MR) is 240 cm³/mol. The number of hydrogen-bond donors (Lipinski definition) is 3. The molecule has 0 radical (unpaired) electrons. The van der Waals surface area contributed by atoms with Crippen molar-refractivity contribution in [3.8, 4) is 24.2 Å². The lowest BCUT2D eigenvalue weighted by Crippen LogP contribution is -2.44. The van der Waals surface area contributed by atoms with Crippen molar-refractivity contribution in [1.82, 2.24) is 16.2 Å². The van der Waals surface area contributed by atoms with Crippen LogP contribution in [0.1, 0.15) is 69.4 Å². The Balaban J connectivity index is 0.000000343. The number of ether oxygens (including phenoxy) is 2. The fourth-order valence-electron chi connectivity index (χ4n) is 4.60. The lowest BCUT2D eigenvalue weighted by molar-refractivity contribution is -0.154. The van der Waals surface area contributed by atoms with E-state index in [-0.39, 0.29) is 31.2 Å². The number of hydrazine groups is 1. The van der Waals surface area contributed by atoms with Crippen LogP contribution in [0.15, 0.2) is 102 Å². The summed E-state index contributed by atoms with van der Waals surface area (Å²) in [6, 6.07) is 30.8. The van der Waals surface area contributed by atoms with Gasteiger partial charge in [-0.3, -0.25) is 19.8 Å². The minimum Gasteiger partial charge on any atom is -0.459 e. The van der Waals surface area contributed by atoms with Gasteiger partial charge in [0, 0.05) is 60.7 Å². The van der Waals surface area contributed by atoms with Crippen LogP contribution in [-0.4, -0.2) is 69.8 Å². The lowest BCUT2D eigenvalue weighted by Gasteiger charge is -2.19. The van der Waals surface area contributed by atoms with E-state index in [1.807, 2.05) is 93.8 Å². The van der Waals surface area contributed by atoms with Crippen LogP contribution in [0, 0.1) is 24.2 Å². The van der Waals surface area contributed by atoms with Crippen LogP contribution in [-0.2, 0) is 36.7 Å². The monoisotopic (exact) mass is 865 g/mol. The molecule has 0 aliphatic carbocycles. The summed E-state index contributed by atoms with van der Waals surface area (Å²) in [7, 11) is 8.05. The summed E-state index contributed by atoms with van der Waals surface area (Å²) in [6.07, 6.45) is 4.89. The van der Waals surface area contributed by atoms with Gasteiger partial charge in [-0.15, -0.1) is 6.42 Å². The molecule has 12 heteroatoms. The van der Waals surface area contributed by atoms with Crippen LogP contribution < -0.4 is 26.0 Å². The number of esters is 1. The molecule has 0 aliphatic rings. The Morgan fingerprint density at radius 2 is 1.00 bits per heavy atom. The van der Waals surface area contributed by atoms with E-state index in [0.717, 1.165) is 38.0 Å². The van der Waals surface area contributed by atoms with E-state index in [4.69, 9.17) is 15.9 Å². The number of anilines is 2. The maximum atomic E-state index is 11.9. The zero-order valence-electron chi connectivity index (χ0n) is 35.7. The Morgan fingerprint density at radius 1 is 0.593 bits per heavy atom. The quantitative estimate of drug-likeness (QED) is 0.0949. The summed E-state index contributed by atoms with van der Waals surface area (Å²) < 4.78 is 11.3. The van der Waals surface area contributed by atoms with E-state index in [1.54, 1.807) is 65.8 Å². The fourth-order valence-corrected chi connectivity index (χ4v) is 4.87. The summed E-state index contributed by atoms with van der Waals surface area (Å²) in [4.78, 5) is 50.7. The largest absolute Gasteiger partial charge is 0.459 e. The van der Waals surface area contributed by atoms with E-state index < -0.39 is 23.3 Å². The molecule has 59 heavy (non-hydrogen) atoms. The highest BCUT2D eigenvalue weighted by Crippen LogP contribution is 2.16. The highest BCUT2D eigenvalue weighted by atomic mass is 79.9. The van der Waals surface area contributed by atoms with Crippen LogP contribution in [0.3, 0.4) is 0 Å². The average molecular weight is 867 g/mol. The summed E-state index contributed by atoms with van der Waals surface area (Å²) in [6.45, 7) is 10.4. The topological polar surface area (TPSA) is 129 Å². The van der Waals surface area contributed by atoms with Gasteiger partial charge in [-0.1, -0.05) is 58.0 Å². The molecule has 4 aromatic carbocycles. The number of terminal acetylenes is 1. The average Bonchev–Trinajstić information content (AvgIpc) is 3.16. The molecule has 3 amide bonds. The van der Waals surface area contributed by atoms with Gasteiger partial charge in [0.15, 0.2) is 0 Å². The van der Waals surface area contributed by atoms with Crippen molar-refractivity contribution < 1.29 is 28.7 Å². The van der Waals surface area contributed by atoms with Gasteiger partial charge >= 0.3 is 12.1 Å². The Kier molecular flexibility index (Phi) is 19.8. The molecule has 4 aromatic rings. The summed E-state index contributed by atoms with van der Waals surface area (Å²) in [5.41, 5.74) is 9.96. The van der Waals surface area contributed by atoms with Crippen molar-refractivity contribution in [2.24, 2.45) is 0 Å². The van der Waals surface area contributed by atoms with Crippen LogP contribution >= 0.6 is 15.9 Å². The lowest BCUT2D eigenvalue weighted by atomic mass is 10.1. The third-order valence-corrected chi connectivity index (χ3v) is 7.96. The molecular weight excluding hydrogens is 810 g/mol. The minimum atomic E-state index is -0.699. The molecule has 4 rings (SSSR count). The summed E-state index contributed by atoms with van der Waals surface area (Å²) >= 11 is 3.38. The molecule has 0 heterocycles. The zero-order chi connectivity index (χ0) is 44.2. The SMILES string of the molecule is C#Cc1ccc(CC(=O)NCC(=O)OC(C)(C)C)cc1.CN(C)c1ccc(Br)cc1.CN(C)c1ccc(C#Cc2ccc(CC(=O)NNC(=O)OC(C)(C)C)cc2)cc1.